The molecule has 0 saturated carbocycles. The second-order valence-corrected chi connectivity index (χ2v) is 18.4. The number of alkyl carbamates (subject to hydrolysis) is 1. The number of carbonyl (C=O) groups excluding carboxylic acids is 4. The second-order valence-electron chi connectivity index (χ2n) is 18.4. The van der Waals surface area contributed by atoms with E-state index in [1.54, 1.807) is 0 Å². The summed E-state index contributed by atoms with van der Waals surface area (Å²) >= 11 is 0. The zero-order chi connectivity index (χ0) is 43.7. The number of hydrogen-bond acceptors (Lipinski definition) is 7. The van der Waals surface area contributed by atoms with Crippen molar-refractivity contribution in [3.8, 4) is 33.6 Å². The lowest BCUT2D eigenvalue weighted by molar-refractivity contribution is -0.138. The molecular weight excluding hydrogens is 781 g/mol. The van der Waals surface area contributed by atoms with Crippen LogP contribution in [0.1, 0.15) is 138 Å². The van der Waals surface area contributed by atoms with E-state index in [1.807, 2.05) is 56.8 Å². The first-order chi connectivity index (χ1) is 30.0. The molecule has 0 spiro atoms. The van der Waals surface area contributed by atoms with E-state index in [0.717, 1.165) is 100 Å². The molecule has 62 heavy (non-hydrogen) atoms. The van der Waals surface area contributed by atoms with Crippen LogP contribution in [0.5, 0.6) is 0 Å². The highest BCUT2D eigenvalue weighted by molar-refractivity contribution is 5.89. The third-order valence-electron chi connectivity index (χ3n) is 13.8. The lowest BCUT2D eigenvalue weighted by atomic mass is 9.78. The highest BCUT2D eigenvalue weighted by Crippen LogP contribution is 2.44. The first-order valence-electron chi connectivity index (χ1n) is 23.1. The molecule has 330 valence electrons. The van der Waals surface area contributed by atoms with Crippen molar-refractivity contribution in [3.05, 3.63) is 70.6 Å². The van der Waals surface area contributed by atoms with E-state index in [9.17, 15) is 19.2 Å². The highest BCUT2D eigenvalue weighted by atomic mass is 16.5. The molecule has 4 aliphatic rings. The Kier molecular flexibility index (Phi) is 12.9. The van der Waals surface area contributed by atoms with Gasteiger partial charge in [-0.3, -0.25) is 14.4 Å². The Morgan fingerprint density at radius 1 is 0.645 bits per heavy atom. The van der Waals surface area contributed by atoms with Crippen molar-refractivity contribution in [2.75, 3.05) is 20.2 Å². The van der Waals surface area contributed by atoms with Gasteiger partial charge >= 0.3 is 6.09 Å². The van der Waals surface area contributed by atoms with Crippen LogP contribution in [0.2, 0.25) is 0 Å². The molecule has 0 bridgehead atoms. The molecule has 8 rings (SSSR count). The summed E-state index contributed by atoms with van der Waals surface area (Å²) in [6, 6.07) is 7.57. The summed E-state index contributed by atoms with van der Waals surface area (Å²) in [4.78, 5) is 73.0. The van der Waals surface area contributed by atoms with Gasteiger partial charge in [0, 0.05) is 30.6 Å². The number of ether oxygens (including phenoxy) is 1. The number of carbonyl (C=O) groups is 4. The SMILES string of the molecule is CCC(=O)N[C@H](C(=O)N1CCC[C@H]1c1ncc(-c2ccc(-c3ccc(-c4cnc([C@@H]5CCCN5C(=O)[C@@H](NC(=O)OC)C(C)C)[nH]4)c4c3CCCC4)c3c2CCCC3)[nH]1)C(C)C. The Morgan fingerprint density at radius 3 is 1.45 bits per heavy atom. The summed E-state index contributed by atoms with van der Waals surface area (Å²) in [6.07, 6.45) is 15.6. The predicted octanol–water partition coefficient (Wildman–Crippen LogP) is 8.15. The fraction of sp³-hybridized carbons (Fsp3) is 0.551. The molecule has 4 atom stereocenters. The summed E-state index contributed by atoms with van der Waals surface area (Å²) in [6.45, 7) is 10.9. The number of benzene rings is 2. The summed E-state index contributed by atoms with van der Waals surface area (Å²) in [5.41, 5.74) is 12.6. The van der Waals surface area contributed by atoms with E-state index in [2.05, 4.69) is 44.9 Å². The van der Waals surface area contributed by atoms with Crippen molar-refractivity contribution >= 4 is 23.8 Å². The number of hydrogen-bond donors (Lipinski definition) is 4. The zero-order valence-corrected chi connectivity index (χ0v) is 37.4. The van der Waals surface area contributed by atoms with E-state index in [0.29, 0.717) is 19.5 Å². The molecule has 0 unspecified atom stereocenters. The Labute approximate surface area is 365 Å². The van der Waals surface area contributed by atoms with Crippen LogP contribution in [0.3, 0.4) is 0 Å². The number of methoxy groups -OCH3 is 1. The molecule has 2 aromatic carbocycles. The second kappa shape index (κ2) is 18.5. The van der Waals surface area contributed by atoms with Crippen molar-refractivity contribution in [2.45, 2.75) is 142 Å². The van der Waals surface area contributed by atoms with Gasteiger partial charge in [-0.1, -0.05) is 58.9 Å². The summed E-state index contributed by atoms with van der Waals surface area (Å²) in [5.74, 6) is 1.20. The maximum Gasteiger partial charge on any atom is 0.407 e. The molecule has 4 N–H and O–H groups in total. The standard InChI is InChI=1S/C49H64N8O5/c1-7-42(58)54-43(28(2)3)47(59)56-24-12-18-40(56)45-50-26-38(52-45)36-22-20-34(30-14-8-10-16-32(30)36)35-21-23-37(33-17-11-9-15-31(33)35)39-27-51-46(53-39)41-19-13-25-57(41)48(60)44(29(4)5)55-49(61)62-6/h20-23,26-29,40-41,43-44H,7-19,24-25H2,1-6H3,(H,50,52)(H,51,53)(H,54,58)(H,55,61)/t40-,41-,43-,44-/m0/s1. The van der Waals surface area contributed by atoms with Crippen LogP contribution >= 0.6 is 0 Å². The number of nitrogens with one attached hydrogen (secondary N) is 4. The molecule has 0 radical (unpaired) electrons. The van der Waals surface area contributed by atoms with Crippen LogP contribution in [-0.4, -0.2) is 85.8 Å². The summed E-state index contributed by atoms with van der Waals surface area (Å²) in [5, 5.41) is 5.71. The van der Waals surface area contributed by atoms with E-state index in [-0.39, 0.29) is 41.6 Å². The van der Waals surface area contributed by atoms with Gasteiger partial charge in [0.25, 0.3) is 0 Å². The summed E-state index contributed by atoms with van der Waals surface area (Å²) in [7, 11) is 1.31. The van der Waals surface area contributed by atoms with Crippen molar-refractivity contribution in [1.29, 1.82) is 0 Å². The number of H-pyrrole nitrogens is 2. The minimum absolute atomic E-state index is 0.0222. The van der Waals surface area contributed by atoms with E-state index in [4.69, 9.17) is 14.7 Å². The van der Waals surface area contributed by atoms with Crippen molar-refractivity contribution < 1.29 is 23.9 Å². The Morgan fingerprint density at radius 2 is 1.05 bits per heavy atom. The van der Waals surface area contributed by atoms with Crippen molar-refractivity contribution in [3.63, 3.8) is 0 Å². The quantitative estimate of drug-likeness (QED) is 0.112. The topological polar surface area (TPSA) is 165 Å². The fourth-order valence-corrected chi connectivity index (χ4v) is 10.5. The number of imidazole rings is 2. The summed E-state index contributed by atoms with van der Waals surface area (Å²) < 4.78 is 4.83. The molecule has 2 aliphatic heterocycles. The Balaban J connectivity index is 1.07. The van der Waals surface area contributed by atoms with Crippen molar-refractivity contribution in [2.24, 2.45) is 11.8 Å². The largest absolute Gasteiger partial charge is 0.453 e. The van der Waals surface area contributed by atoms with Crippen LogP contribution in [0.25, 0.3) is 33.6 Å². The maximum atomic E-state index is 13.9. The highest BCUT2D eigenvalue weighted by Gasteiger charge is 2.39. The van der Waals surface area contributed by atoms with Crippen LogP contribution in [0.4, 0.5) is 4.79 Å². The van der Waals surface area contributed by atoms with Gasteiger partial charge in [0.1, 0.15) is 23.7 Å². The number of aromatic amines is 2. The minimum Gasteiger partial charge on any atom is -0.453 e. The third kappa shape index (κ3) is 8.39. The minimum atomic E-state index is -0.681. The number of fused-ring (bicyclic) bond motifs is 2. The molecule has 4 amide bonds. The van der Waals surface area contributed by atoms with Gasteiger partial charge in [0.05, 0.1) is 43.0 Å². The number of aromatic nitrogens is 4. The molecular formula is C49H64N8O5. The van der Waals surface area contributed by atoms with Gasteiger partial charge in [0.2, 0.25) is 17.7 Å². The van der Waals surface area contributed by atoms with E-state index >= 15 is 0 Å². The van der Waals surface area contributed by atoms with E-state index in [1.165, 1.54) is 51.6 Å². The molecule has 2 fully saturated rings. The maximum absolute atomic E-state index is 13.9. The van der Waals surface area contributed by atoms with Gasteiger partial charge in [0.15, 0.2) is 0 Å². The first kappa shape index (κ1) is 43.2. The van der Waals surface area contributed by atoms with Crippen molar-refractivity contribution in [1.82, 2.24) is 40.4 Å². The van der Waals surface area contributed by atoms with E-state index < -0.39 is 18.2 Å². The Bertz CT molecular complexity index is 2150. The average molecular weight is 845 g/mol. The first-order valence-corrected chi connectivity index (χ1v) is 23.1. The zero-order valence-electron chi connectivity index (χ0n) is 37.4. The molecule has 2 aliphatic carbocycles. The van der Waals surface area contributed by atoms with Gasteiger partial charge in [-0.15, -0.1) is 0 Å². The molecule has 13 heteroatoms. The predicted molar refractivity (Wildman–Crippen MR) is 239 cm³/mol. The van der Waals surface area contributed by atoms with Gasteiger partial charge < -0.3 is 35.1 Å². The molecule has 4 aromatic rings. The van der Waals surface area contributed by atoms with Gasteiger partial charge in [-0.2, -0.15) is 0 Å². The number of likely N-dealkylation sites (tertiary alicyclic amines) is 2. The number of nitrogens with zero attached hydrogens (tertiary/aromatic N) is 4. The Hall–Kier alpha value is -5.46. The lowest BCUT2D eigenvalue weighted by Crippen LogP contribution is -2.51. The van der Waals surface area contributed by atoms with Gasteiger partial charge in [-0.05, 0) is 122 Å². The monoisotopic (exact) mass is 844 g/mol. The van der Waals surface area contributed by atoms with Gasteiger partial charge in [-0.25, -0.2) is 14.8 Å². The van der Waals surface area contributed by atoms with Crippen LogP contribution in [0, 0.1) is 11.8 Å². The molecule has 13 nitrogen and oxygen atoms in total. The normalized spacial score (nSPS) is 19.6. The lowest BCUT2D eigenvalue weighted by Gasteiger charge is -2.30. The molecule has 2 aromatic heterocycles. The number of amides is 4. The molecule has 2 saturated heterocycles. The van der Waals surface area contributed by atoms with Crippen LogP contribution in [0.15, 0.2) is 36.7 Å². The van der Waals surface area contributed by atoms with Crippen LogP contribution in [-0.2, 0) is 44.8 Å². The fourth-order valence-electron chi connectivity index (χ4n) is 10.5. The third-order valence-corrected chi connectivity index (χ3v) is 13.8. The number of rotatable bonds is 12. The smallest absolute Gasteiger partial charge is 0.407 e. The average Bonchev–Trinajstić information content (AvgIpc) is 4.13. The molecule has 4 heterocycles. The van der Waals surface area contributed by atoms with Crippen LogP contribution < -0.4 is 10.6 Å².